The summed E-state index contributed by atoms with van der Waals surface area (Å²) in [6.07, 6.45) is 0.538. The predicted octanol–water partition coefficient (Wildman–Crippen LogP) is 2.05. The molecule has 88 valence electrons. The summed E-state index contributed by atoms with van der Waals surface area (Å²) in [5.41, 5.74) is 16.1. The Morgan fingerprint density at radius 1 is 1.00 bits per heavy atom. The normalized spacial score (nSPS) is 10.4. The molecule has 0 fully saturated rings. The summed E-state index contributed by atoms with van der Waals surface area (Å²) in [4.78, 5) is 0. The largest absolute Gasteiger partial charge is 0.399 e. The molecule has 0 heterocycles. The molecule has 0 saturated heterocycles. The van der Waals surface area contributed by atoms with E-state index in [9.17, 15) is 0 Å². The first-order valence-corrected chi connectivity index (χ1v) is 5.56. The van der Waals surface area contributed by atoms with Gasteiger partial charge in [0.15, 0.2) is 0 Å². The van der Waals surface area contributed by atoms with Crippen molar-refractivity contribution in [2.75, 3.05) is 18.1 Å². The van der Waals surface area contributed by atoms with Gasteiger partial charge in [0.1, 0.15) is 0 Å². The highest BCUT2D eigenvalue weighted by molar-refractivity contribution is 5.77. The number of aliphatic hydroxyl groups excluding tert-OH is 1. The van der Waals surface area contributed by atoms with Crippen molar-refractivity contribution >= 4 is 11.4 Å². The van der Waals surface area contributed by atoms with Gasteiger partial charge in [-0.05, 0) is 35.2 Å². The maximum absolute atomic E-state index is 9.10. The van der Waals surface area contributed by atoms with Gasteiger partial charge in [0, 0.05) is 18.0 Å². The zero-order valence-corrected chi connectivity index (χ0v) is 9.56. The molecule has 0 radical (unpaired) electrons. The molecule has 3 heteroatoms. The molecule has 0 unspecified atom stereocenters. The number of benzene rings is 2. The molecule has 2 rings (SSSR count). The second-order valence-corrected chi connectivity index (χ2v) is 3.98. The van der Waals surface area contributed by atoms with Crippen LogP contribution in [0.5, 0.6) is 0 Å². The summed E-state index contributed by atoms with van der Waals surface area (Å²) in [5, 5.41) is 9.10. The average Bonchev–Trinajstić information content (AvgIpc) is 2.33. The molecule has 2 aromatic rings. The highest BCUT2D eigenvalue weighted by Gasteiger charge is 2.09. The van der Waals surface area contributed by atoms with Crippen LogP contribution < -0.4 is 11.5 Å². The van der Waals surface area contributed by atoms with Crippen LogP contribution in [0, 0.1) is 0 Å². The third-order valence-electron chi connectivity index (χ3n) is 2.75. The van der Waals surface area contributed by atoms with E-state index in [0.717, 1.165) is 16.7 Å². The smallest absolute Gasteiger partial charge is 0.0472 e. The molecule has 0 spiro atoms. The fraction of sp³-hybridized carbons (Fsp3) is 0.143. The lowest BCUT2D eigenvalue weighted by Gasteiger charge is -2.13. The number of aliphatic hydroxyl groups is 1. The Morgan fingerprint density at radius 2 is 1.71 bits per heavy atom. The minimum absolute atomic E-state index is 0.0773. The van der Waals surface area contributed by atoms with Gasteiger partial charge in [0.05, 0.1) is 0 Å². The lowest BCUT2D eigenvalue weighted by atomic mass is 9.95. The van der Waals surface area contributed by atoms with Crippen LogP contribution in [0.25, 0.3) is 11.1 Å². The molecular weight excluding hydrogens is 212 g/mol. The second-order valence-electron chi connectivity index (χ2n) is 3.98. The van der Waals surface area contributed by atoms with Crippen molar-refractivity contribution in [3.8, 4) is 11.1 Å². The molecule has 0 amide bonds. The Labute approximate surface area is 101 Å². The Bertz CT molecular complexity index is 509. The maximum atomic E-state index is 9.10. The number of hydrogen-bond donors (Lipinski definition) is 3. The minimum atomic E-state index is 0.0773. The third kappa shape index (κ3) is 2.40. The second kappa shape index (κ2) is 4.89. The van der Waals surface area contributed by atoms with Gasteiger partial charge in [0.2, 0.25) is 0 Å². The van der Waals surface area contributed by atoms with E-state index in [4.69, 9.17) is 16.6 Å². The van der Waals surface area contributed by atoms with Gasteiger partial charge in [-0.15, -0.1) is 0 Å². The molecule has 3 nitrogen and oxygen atoms in total. The first kappa shape index (κ1) is 11.5. The van der Waals surface area contributed by atoms with Crippen molar-refractivity contribution < 1.29 is 5.11 Å². The molecular formula is C14H16N2O. The van der Waals surface area contributed by atoms with Crippen molar-refractivity contribution in [2.24, 2.45) is 0 Å². The van der Waals surface area contributed by atoms with Crippen molar-refractivity contribution in [2.45, 2.75) is 6.42 Å². The molecule has 0 aromatic heterocycles. The molecule has 0 atom stereocenters. The van der Waals surface area contributed by atoms with Crippen molar-refractivity contribution in [1.82, 2.24) is 0 Å². The van der Waals surface area contributed by atoms with E-state index in [1.165, 1.54) is 0 Å². The average molecular weight is 228 g/mol. The SMILES string of the molecule is Nc1cc(N)c(CCO)c(-c2ccccc2)c1. The first-order chi connectivity index (χ1) is 8.22. The highest BCUT2D eigenvalue weighted by Crippen LogP contribution is 2.30. The van der Waals surface area contributed by atoms with Gasteiger partial charge < -0.3 is 16.6 Å². The zero-order chi connectivity index (χ0) is 12.3. The van der Waals surface area contributed by atoms with Crippen molar-refractivity contribution in [3.05, 3.63) is 48.0 Å². The summed E-state index contributed by atoms with van der Waals surface area (Å²) in [5.74, 6) is 0. The summed E-state index contributed by atoms with van der Waals surface area (Å²) in [6, 6.07) is 13.6. The molecule has 0 saturated carbocycles. The maximum Gasteiger partial charge on any atom is 0.0472 e. The van der Waals surface area contributed by atoms with Gasteiger partial charge in [-0.3, -0.25) is 0 Å². The van der Waals surface area contributed by atoms with Crippen LogP contribution in [0.2, 0.25) is 0 Å². The van der Waals surface area contributed by atoms with Gasteiger partial charge >= 0.3 is 0 Å². The van der Waals surface area contributed by atoms with Crippen LogP contribution in [0.15, 0.2) is 42.5 Å². The van der Waals surface area contributed by atoms with Gasteiger partial charge in [0.25, 0.3) is 0 Å². The Kier molecular flexibility index (Phi) is 3.30. The van der Waals surface area contributed by atoms with Crippen LogP contribution >= 0.6 is 0 Å². The highest BCUT2D eigenvalue weighted by atomic mass is 16.2. The van der Waals surface area contributed by atoms with Crippen molar-refractivity contribution in [3.63, 3.8) is 0 Å². The van der Waals surface area contributed by atoms with Crippen LogP contribution in [0.4, 0.5) is 11.4 Å². The molecule has 0 bridgehead atoms. The van der Waals surface area contributed by atoms with E-state index in [1.54, 1.807) is 6.07 Å². The van der Waals surface area contributed by atoms with Crippen LogP contribution in [-0.2, 0) is 6.42 Å². The van der Waals surface area contributed by atoms with Crippen LogP contribution in [0.3, 0.4) is 0 Å². The standard InChI is InChI=1S/C14H16N2O/c15-11-8-13(10-4-2-1-3-5-10)12(6-7-17)14(16)9-11/h1-5,8-9,17H,6-7,15-16H2. The summed E-state index contributed by atoms with van der Waals surface area (Å²) < 4.78 is 0. The summed E-state index contributed by atoms with van der Waals surface area (Å²) in [7, 11) is 0. The zero-order valence-electron chi connectivity index (χ0n) is 9.56. The quantitative estimate of drug-likeness (QED) is 0.704. The molecule has 0 aliphatic heterocycles. The van der Waals surface area contributed by atoms with E-state index in [1.807, 2.05) is 36.4 Å². The topological polar surface area (TPSA) is 72.3 Å². The number of rotatable bonds is 3. The Balaban J connectivity index is 2.59. The monoisotopic (exact) mass is 228 g/mol. The van der Waals surface area contributed by atoms with Gasteiger partial charge in [-0.25, -0.2) is 0 Å². The summed E-state index contributed by atoms with van der Waals surface area (Å²) >= 11 is 0. The molecule has 0 aliphatic carbocycles. The Morgan fingerprint density at radius 3 is 2.35 bits per heavy atom. The Hall–Kier alpha value is -2.00. The fourth-order valence-electron chi connectivity index (χ4n) is 1.98. The van der Waals surface area contributed by atoms with E-state index in [2.05, 4.69) is 0 Å². The van der Waals surface area contributed by atoms with E-state index >= 15 is 0 Å². The van der Waals surface area contributed by atoms with E-state index in [0.29, 0.717) is 17.8 Å². The fourth-order valence-corrected chi connectivity index (χ4v) is 1.98. The van der Waals surface area contributed by atoms with E-state index in [-0.39, 0.29) is 6.61 Å². The molecule has 2 aromatic carbocycles. The molecule has 5 N–H and O–H groups in total. The lowest BCUT2D eigenvalue weighted by Crippen LogP contribution is -2.02. The first-order valence-electron chi connectivity index (χ1n) is 5.56. The van der Waals surface area contributed by atoms with E-state index < -0.39 is 0 Å². The minimum Gasteiger partial charge on any atom is -0.399 e. The van der Waals surface area contributed by atoms with Crippen LogP contribution in [0.1, 0.15) is 5.56 Å². The van der Waals surface area contributed by atoms with Gasteiger partial charge in [-0.2, -0.15) is 0 Å². The van der Waals surface area contributed by atoms with Crippen molar-refractivity contribution in [1.29, 1.82) is 0 Å². The number of anilines is 2. The predicted molar refractivity (Wildman–Crippen MR) is 71.5 cm³/mol. The number of hydrogen-bond acceptors (Lipinski definition) is 3. The number of nitrogens with two attached hydrogens (primary N) is 2. The molecule has 17 heavy (non-hydrogen) atoms. The van der Waals surface area contributed by atoms with Crippen LogP contribution in [-0.4, -0.2) is 11.7 Å². The number of nitrogen functional groups attached to an aromatic ring is 2. The molecule has 0 aliphatic rings. The summed E-state index contributed by atoms with van der Waals surface area (Å²) in [6.45, 7) is 0.0773. The van der Waals surface area contributed by atoms with Gasteiger partial charge in [-0.1, -0.05) is 30.3 Å². The lowest BCUT2D eigenvalue weighted by molar-refractivity contribution is 0.300. The third-order valence-corrected chi connectivity index (χ3v) is 2.75.